The van der Waals surface area contributed by atoms with Gasteiger partial charge < -0.3 is 10.6 Å². The molecular formula is C14H22N2OS. The Balaban J connectivity index is 2.05. The van der Waals surface area contributed by atoms with Crippen LogP contribution in [0.2, 0.25) is 0 Å². The van der Waals surface area contributed by atoms with Gasteiger partial charge in [-0.15, -0.1) is 11.3 Å². The number of hydrogen-bond donors (Lipinski definition) is 2. The van der Waals surface area contributed by atoms with Crippen LogP contribution in [0, 0.1) is 5.92 Å². The van der Waals surface area contributed by atoms with Crippen molar-refractivity contribution in [2.24, 2.45) is 5.92 Å². The summed E-state index contributed by atoms with van der Waals surface area (Å²) in [4.78, 5) is 13.1. The quantitative estimate of drug-likeness (QED) is 0.860. The standard InChI is InChI=1S/C14H22N2OS/c1-15-10-13(17)16-14(12-8-5-9-18-12)11-6-3-2-4-7-11/h5,8-9,11,14-15H,2-4,6-7,10H2,1H3,(H,16,17)/t14-/m1/s1. The highest BCUT2D eigenvalue weighted by molar-refractivity contribution is 7.10. The molecule has 0 aliphatic heterocycles. The molecule has 3 nitrogen and oxygen atoms in total. The van der Waals surface area contributed by atoms with Crippen LogP contribution in [-0.4, -0.2) is 19.5 Å². The van der Waals surface area contributed by atoms with Crippen LogP contribution in [0.4, 0.5) is 0 Å². The van der Waals surface area contributed by atoms with Crippen LogP contribution in [0.5, 0.6) is 0 Å². The topological polar surface area (TPSA) is 41.1 Å². The van der Waals surface area contributed by atoms with E-state index >= 15 is 0 Å². The fourth-order valence-corrected chi connectivity index (χ4v) is 3.61. The van der Waals surface area contributed by atoms with Crippen LogP contribution in [0.1, 0.15) is 43.0 Å². The number of nitrogens with one attached hydrogen (secondary N) is 2. The van der Waals surface area contributed by atoms with E-state index < -0.39 is 0 Å². The number of hydrogen-bond acceptors (Lipinski definition) is 3. The molecule has 1 fully saturated rings. The maximum absolute atomic E-state index is 11.8. The van der Waals surface area contributed by atoms with Gasteiger partial charge in [0.05, 0.1) is 12.6 Å². The predicted octanol–water partition coefficient (Wildman–Crippen LogP) is 2.71. The highest BCUT2D eigenvalue weighted by atomic mass is 32.1. The molecule has 1 aliphatic carbocycles. The normalized spacial score (nSPS) is 18.5. The Hall–Kier alpha value is -0.870. The third kappa shape index (κ3) is 3.56. The van der Waals surface area contributed by atoms with E-state index in [4.69, 9.17) is 0 Å². The summed E-state index contributed by atoms with van der Waals surface area (Å²) < 4.78 is 0. The van der Waals surface area contributed by atoms with Gasteiger partial charge in [-0.1, -0.05) is 25.3 Å². The summed E-state index contributed by atoms with van der Waals surface area (Å²) in [6, 6.07) is 4.43. The number of amides is 1. The van der Waals surface area contributed by atoms with E-state index in [1.807, 2.05) is 0 Å². The highest BCUT2D eigenvalue weighted by Gasteiger charge is 2.26. The Morgan fingerprint density at radius 2 is 2.22 bits per heavy atom. The first kappa shape index (κ1) is 13.6. The summed E-state index contributed by atoms with van der Waals surface area (Å²) in [5, 5.41) is 8.20. The van der Waals surface area contributed by atoms with E-state index in [0.717, 1.165) is 0 Å². The Labute approximate surface area is 113 Å². The Morgan fingerprint density at radius 3 is 2.83 bits per heavy atom. The van der Waals surface area contributed by atoms with E-state index in [2.05, 4.69) is 28.1 Å². The van der Waals surface area contributed by atoms with Gasteiger partial charge in [-0.05, 0) is 37.3 Å². The van der Waals surface area contributed by atoms with Crippen LogP contribution in [0.15, 0.2) is 17.5 Å². The summed E-state index contributed by atoms with van der Waals surface area (Å²) in [7, 11) is 1.81. The summed E-state index contributed by atoms with van der Waals surface area (Å²) in [6.07, 6.45) is 6.42. The first-order chi connectivity index (χ1) is 8.81. The number of rotatable bonds is 5. The minimum absolute atomic E-state index is 0.0986. The Kier molecular flexibility index (Phi) is 5.20. The van der Waals surface area contributed by atoms with Crippen molar-refractivity contribution in [3.8, 4) is 0 Å². The minimum atomic E-state index is 0.0986. The molecule has 1 aliphatic rings. The number of likely N-dealkylation sites (N-methyl/N-ethyl adjacent to an activating group) is 1. The zero-order valence-corrected chi connectivity index (χ0v) is 11.8. The second kappa shape index (κ2) is 6.90. The molecule has 1 atom stereocenters. The van der Waals surface area contributed by atoms with Crippen molar-refractivity contribution < 1.29 is 4.79 Å². The van der Waals surface area contributed by atoms with Crippen LogP contribution in [-0.2, 0) is 4.79 Å². The molecule has 1 saturated carbocycles. The van der Waals surface area contributed by atoms with E-state index in [0.29, 0.717) is 12.5 Å². The zero-order valence-electron chi connectivity index (χ0n) is 10.9. The van der Waals surface area contributed by atoms with Crippen molar-refractivity contribution in [3.63, 3.8) is 0 Å². The van der Waals surface area contributed by atoms with Crippen molar-refractivity contribution in [2.75, 3.05) is 13.6 Å². The SMILES string of the molecule is CNCC(=O)N[C@@H](c1cccs1)C1CCCCC1. The molecule has 2 rings (SSSR count). The van der Waals surface area contributed by atoms with E-state index in [9.17, 15) is 4.79 Å². The van der Waals surface area contributed by atoms with Gasteiger partial charge in [0.25, 0.3) is 0 Å². The fraction of sp³-hybridized carbons (Fsp3) is 0.643. The molecule has 0 unspecified atom stereocenters. The van der Waals surface area contributed by atoms with Gasteiger partial charge in [0.1, 0.15) is 0 Å². The van der Waals surface area contributed by atoms with Crippen molar-refractivity contribution in [2.45, 2.75) is 38.1 Å². The largest absolute Gasteiger partial charge is 0.347 e. The van der Waals surface area contributed by atoms with Gasteiger partial charge in [-0.2, -0.15) is 0 Å². The molecule has 4 heteroatoms. The molecule has 0 spiro atoms. The summed E-state index contributed by atoms with van der Waals surface area (Å²) in [5.74, 6) is 0.708. The molecule has 0 saturated heterocycles. The van der Waals surface area contributed by atoms with Gasteiger partial charge in [0.2, 0.25) is 5.91 Å². The number of carbonyl (C=O) groups excluding carboxylic acids is 1. The van der Waals surface area contributed by atoms with Crippen molar-refractivity contribution >= 4 is 17.2 Å². The van der Waals surface area contributed by atoms with Crippen LogP contribution < -0.4 is 10.6 Å². The molecule has 2 N–H and O–H groups in total. The molecule has 100 valence electrons. The van der Waals surface area contributed by atoms with Gasteiger partial charge in [-0.3, -0.25) is 4.79 Å². The lowest BCUT2D eigenvalue weighted by atomic mass is 9.83. The van der Waals surface area contributed by atoms with Gasteiger partial charge in [-0.25, -0.2) is 0 Å². The predicted molar refractivity (Wildman–Crippen MR) is 75.7 cm³/mol. The van der Waals surface area contributed by atoms with E-state index in [1.54, 1.807) is 18.4 Å². The molecule has 18 heavy (non-hydrogen) atoms. The second-order valence-electron chi connectivity index (χ2n) is 4.99. The highest BCUT2D eigenvalue weighted by Crippen LogP contribution is 2.36. The molecule has 0 aromatic carbocycles. The Bertz CT molecular complexity index is 358. The number of thiophene rings is 1. The summed E-state index contributed by atoms with van der Waals surface area (Å²) in [6.45, 7) is 0.397. The molecular weight excluding hydrogens is 244 g/mol. The Morgan fingerprint density at radius 1 is 1.44 bits per heavy atom. The zero-order chi connectivity index (χ0) is 12.8. The smallest absolute Gasteiger partial charge is 0.234 e. The average Bonchev–Trinajstić information content (AvgIpc) is 2.91. The lowest BCUT2D eigenvalue weighted by molar-refractivity contribution is -0.121. The molecule has 1 aromatic rings. The maximum atomic E-state index is 11.8. The van der Waals surface area contributed by atoms with Crippen molar-refractivity contribution in [1.29, 1.82) is 0 Å². The van der Waals surface area contributed by atoms with Crippen LogP contribution >= 0.6 is 11.3 Å². The molecule has 1 aromatic heterocycles. The fourth-order valence-electron chi connectivity index (χ4n) is 2.74. The van der Waals surface area contributed by atoms with Crippen molar-refractivity contribution in [3.05, 3.63) is 22.4 Å². The average molecular weight is 266 g/mol. The van der Waals surface area contributed by atoms with Gasteiger partial charge in [0.15, 0.2) is 0 Å². The first-order valence-corrected chi connectivity index (χ1v) is 7.66. The third-order valence-electron chi connectivity index (χ3n) is 3.62. The maximum Gasteiger partial charge on any atom is 0.234 e. The number of carbonyl (C=O) groups is 1. The monoisotopic (exact) mass is 266 g/mol. The summed E-state index contributed by atoms with van der Waals surface area (Å²) >= 11 is 1.75. The third-order valence-corrected chi connectivity index (χ3v) is 4.58. The van der Waals surface area contributed by atoms with E-state index in [-0.39, 0.29) is 11.9 Å². The van der Waals surface area contributed by atoms with Crippen LogP contribution in [0.3, 0.4) is 0 Å². The van der Waals surface area contributed by atoms with Crippen molar-refractivity contribution in [1.82, 2.24) is 10.6 Å². The van der Waals surface area contributed by atoms with Gasteiger partial charge >= 0.3 is 0 Å². The molecule has 0 bridgehead atoms. The summed E-state index contributed by atoms with van der Waals surface area (Å²) in [5.41, 5.74) is 0. The second-order valence-corrected chi connectivity index (χ2v) is 5.97. The lowest BCUT2D eigenvalue weighted by Crippen LogP contribution is -2.38. The van der Waals surface area contributed by atoms with Crippen LogP contribution in [0.25, 0.3) is 0 Å². The molecule has 1 heterocycles. The van der Waals surface area contributed by atoms with Gasteiger partial charge in [0, 0.05) is 4.88 Å². The molecule has 1 amide bonds. The molecule has 0 radical (unpaired) electrons. The van der Waals surface area contributed by atoms with E-state index in [1.165, 1.54) is 37.0 Å². The lowest BCUT2D eigenvalue weighted by Gasteiger charge is -2.30. The first-order valence-electron chi connectivity index (χ1n) is 6.78. The minimum Gasteiger partial charge on any atom is -0.347 e.